The van der Waals surface area contributed by atoms with Gasteiger partial charge in [0.1, 0.15) is 23.9 Å². The fourth-order valence-corrected chi connectivity index (χ4v) is 8.27. The van der Waals surface area contributed by atoms with Crippen molar-refractivity contribution in [3.8, 4) is 11.5 Å². The van der Waals surface area contributed by atoms with Gasteiger partial charge in [0, 0.05) is 17.5 Å². The summed E-state index contributed by atoms with van der Waals surface area (Å²) < 4.78 is 24.7. The highest BCUT2D eigenvalue weighted by molar-refractivity contribution is 6.31. The normalized spacial score (nSPS) is 27.8. The van der Waals surface area contributed by atoms with Gasteiger partial charge >= 0.3 is 6.09 Å². The summed E-state index contributed by atoms with van der Waals surface area (Å²) in [6.07, 6.45) is 0.819. The molecule has 4 aliphatic rings. The number of likely N-dealkylation sites (tertiary alicyclic amines) is 1. The fraction of sp³-hybridized carbons (Fsp3) is 0.306. The van der Waals surface area contributed by atoms with Crippen molar-refractivity contribution < 1.29 is 42.9 Å². The number of rotatable bonds is 5. The Kier molecular flexibility index (Phi) is 7.62. The van der Waals surface area contributed by atoms with Crippen LogP contribution in [-0.2, 0) is 30.5 Å². The molecule has 0 bridgehead atoms. The first kappa shape index (κ1) is 31.6. The van der Waals surface area contributed by atoms with Gasteiger partial charge in [-0.25, -0.2) is 14.1 Å². The maximum Gasteiger partial charge on any atom is 0.423 e. The van der Waals surface area contributed by atoms with E-state index in [0.29, 0.717) is 21.8 Å². The van der Waals surface area contributed by atoms with Crippen molar-refractivity contribution in [2.45, 2.75) is 32.3 Å². The van der Waals surface area contributed by atoms with Gasteiger partial charge in [0.2, 0.25) is 23.6 Å². The van der Waals surface area contributed by atoms with Crippen molar-refractivity contribution in [1.82, 2.24) is 4.90 Å². The van der Waals surface area contributed by atoms with E-state index in [9.17, 15) is 33.5 Å². The molecule has 246 valence electrons. The Hall–Kier alpha value is -5.03. The molecule has 12 heteroatoms. The zero-order valence-corrected chi connectivity index (χ0v) is 26.6. The zero-order chi connectivity index (χ0) is 34.1. The third-order valence-electron chi connectivity index (χ3n) is 10.4. The molecule has 2 aliphatic carbocycles. The predicted octanol–water partition coefficient (Wildman–Crippen LogP) is 5.76. The molecule has 1 N–H and O–H groups in total. The van der Waals surface area contributed by atoms with Crippen molar-refractivity contribution in [1.29, 1.82) is 0 Å². The van der Waals surface area contributed by atoms with E-state index >= 15 is 0 Å². The van der Waals surface area contributed by atoms with E-state index < -0.39 is 70.5 Å². The number of phenols is 1. The first-order chi connectivity index (χ1) is 23.0. The van der Waals surface area contributed by atoms with Gasteiger partial charge in [-0.15, -0.1) is 0 Å². The van der Waals surface area contributed by atoms with Gasteiger partial charge in [0.05, 0.1) is 41.0 Å². The zero-order valence-electron chi connectivity index (χ0n) is 25.9. The van der Waals surface area contributed by atoms with Crippen LogP contribution in [0.5, 0.6) is 11.5 Å². The lowest BCUT2D eigenvalue weighted by Crippen LogP contribution is -2.49. The molecule has 3 aromatic rings. The Morgan fingerprint density at radius 2 is 1.75 bits per heavy atom. The fourth-order valence-electron chi connectivity index (χ4n) is 8.10. The number of methoxy groups -OCH3 is 1. The van der Waals surface area contributed by atoms with Crippen LogP contribution in [0, 0.1) is 34.9 Å². The molecule has 0 aromatic heterocycles. The molecule has 3 fully saturated rings. The lowest BCUT2D eigenvalue weighted by Gasteiger charge is -2.49. The lowest BCUT2D eigenvalue weighted by atomic mass is 9.51. The number of benzene rings is 3. The van der Waals surface area contributed by atoms with Crippen LogP contribution < -0.4 is 9.64 Å². The van der Waals surface area contributed by atoms with E-state index in [0.717, 1.165) is 23.6 Å². The van der Waals surface area contributed by atoms with Gasteiger partial charge in [0.25, 0.3) is 0 Å². The van der Waals surface area contributed by atoms with Gasteiger partial charge in [-0.1, -0.05) is 59.6 Å². The number of nitrogens with zero attached hydrogens (tertiary/aromatic N) is 2. The molecule has 0 spiro atoms. The van der Waals surface area contributed by atoms with Gasteiger partial charge < -0.3 is 14.6 Å². The number of imide groups is 4. The number of ether oxygens (including phenoxy) is 2. The second-order valence-electron chi connectivity index (χ2n) is 12.7. The molecule has 2 heterocycles. The van der Waals surface area contributed by atoms with Crippen LogP contribution in [0.2, 0.25) is 5.02 Å². The first-order valence-electron chi connectivity index (χ1n) is 15.5. The Bertz CT molecular complexity index is 1930. The number of aromatic hydroxyl groups is 1. The van der Waals surface area contributed by atoms with Gasteiger partial charge in [-0.05, 0) is 55.5 Å². The van der Waals surface area contributed by atoms with Crippen LogP contribution in [0.4, 0.5) is 14.9 Å². The van der Waals surface area contributed by atoms with E-state index in [4.69, 9.17) is 21.1 Å². The third kappa shape index (κ3) is 4.62. The summed E-state index contributed by atoms with van der Waals surface area (Å²) in [5, 5.41) is 11.3. The number of amides is 5. The number of anilines is 1. The van der Waals surface area contributed by atoms with Gasteiger partial charge in [-0.2, -0.15) is 4.90 Å². The number of fused-ring (bicyclic) bond motifs is 4. The number of phenolic OH excluding ortho intramolecular Hbond substituents is 1. The summed E-state index contributed by atoms with van der Waals surface area (Å²) >= 11 is 6.05. The highest BCUT2D eigenvalue weighted by Crippen LogP contribution is 2.64. The summed E-state index contributed by atoms with van der Waals surface area (Å²) in [6.45, 7) is 1.90. The Balaban J connectivity index is 1.33. The van der Waals surface area contributed by atoms with E-state index in [1.54, 1.807) is 25.1 Å². The molecule has 2 saturated heterocycles. The molecule has 6 atom stereocenters. The summed E-state index contributed by atoms with van der Waals surface area (Å²) in [4.78, 5) is 69.8. The highest BCUT2D eigenvalue weighted by Gasteiger charge is 2.68. The number of carbonyl (C=O) groups excluding carboxylic acids is 5. The summed E-state index contributed by atoms with van der Waals surface area (Å²) in [5.41, 5.74) is 0.465. The van der Waals surface area contributed by atoms with Crippen LogP contribution in [-0.4, -0.2) is 46.8 Å². The molecule has 10 nitrogen and oxygen atoms in total. The Morgan fingerprint density at radius 3 is 2.44 bits per heavy atom. The standard InChI is InChI=1S/C36H30ClFN2O8/c1-36-25(32(43)39(34(36)45)19-8-13-27(38)26(37)14-19)16-24-21(11-12-23-29(24)33(44)40(31(23)42)35(46)47-2)30(36)22-10-9-20(15-28(22)41)48-17-18-6-4-3-5-7-18/h3-11,13-15,23-25,29-30,41H,12,16-17H2,1-2H3. The molecule has 3 aromatic carbocycles. The lowest BCUT2D eigenvalue weighted by molar-refractivity contribution is -0.138. The number of hydrogen-bond acceptors (Lipinski definition) is 8. The smallest absolute Gasteiger partial charge is 0.423 e. The second-order valence-corrected chi connectivity index (χ2v) is 13.1. The van der Waals surface area contributed by atoms with Crippen LogP contribution >= 0.6 is 11.6 Å². The van der Waals surface area contributed by atoms with Crippen LogP contribution in [0.15, 0.2) is 78.4 Å². The van der Waals surface area contributed by atoms with Crippen molar-refractivity contribution >= 4 is 47.0 Å². The molecule has 7 rings (SSSR count). The number of halogens is 2. The molecule has 2 aliphatic heterocycles. The minimum atomic E-state index is -1.47. The highest BCUT2D eigenvalue weighted by atomic mass is 35.5. The number of hydrogen-bond donors (Lipinski definition) is 1. The van der Waals surface area contributed by atoms with Gasteiger partial charge in [0.15, 0.2) is 0 Å². The minimum absolute atomic E-state index is 0.0169. The molecule has 48 heavy (non-hydrogen) atoms. The Labute approximate surface area is 279 Å². The summed E-state index contributed by atoms with van der Waals surface area (Å²) in [5.74, 6) is -7.63. The number of carbonyl (C=O) groups is 5. The molecule has 6 unspecified atom stereocenters. The summed E-state index contributed by atoms with van der Waals surface area (Å²) in [6, 6.07) is 17.8. The summed E-state index contributed by atoms with van der Waals surface area (Å²) in [7, 11) is 1.08. The van der Waals surface area contributed by atoms with Crippen LogP contribution in [0.3, 0.4) is 0 Å². The quantitative estimate of drug-likeness (QED) is 0.268. The molecule has 0 radical (unpaired) electrons. The second kappa shape index (κ2) is 11.6. The molecular weight excluding hydrogens is 643 g/mol. The maximum absolute atomic E-state index is 14.5. The Morgan fingerprint density at radius 1 is 1.00 bits per heavy atom. The van der Waals surface area contributed by atoms with Gasteiger partial charge in [-0.3, -0.25) is 19.2 Å². The monoisotopic (exact) mass is 672 g/mol. The van der Waals surface area contributed by atoms with Crippen LogP contribution in [0.1, 0.15) is 36.8 Å². The average Bonchev–Trinajstić information content (AvgIpc) is 3.45. The van der Waals surface area contributed by atoms with Crippen molar-refractivity contribution in [3.63, 3.8) is 0 Å². The predicted molar refractivity (Wildman–Crippen MR) is 169 cm³/mol. The van der Waals surface area contributed by atoms with E-state index in [2.05, 4.69) is 0 Å². The van der Waals surface area contributed by atoms with Crippen molar-refractivity contribution in [2.75, 3.05) is 12.0 Å². The average molecular weight is 673 g/mol. The topological polar surface area (TPSA) is 131 Å². The molecule has 1 saturated carbocycles. The largest absolute Gasteiger partial charge is 0.508 e. The van der Waals surface area contributed by atoms with E-state index in [1.807, 2.05) is 30.3 Å². The number of allylic oxidation sites excluding steroid dienone is 2. The van der Waals surface area contributed by atoms with Crippen molar-refractivity contribution in [3.05, 3.63) is 100 Å². The molecule has 5 amide bonds. The van der Waals surface area contributed by atoms with Crippen molar-refractivity contribution in [2.24, 2.45) is 29.1 Å². The minimum Gasteiger partial charge on any atom is -0.508 e. The first-order valence-corrected chi connectivity index (χ1v) is 15.8. The van der Waals surface area contributed by atoms with Crippen LogP contribution in [0.25, 0.3) is 0 Å². The SMILES string of the molecule is COC(=O)N1C(=O)C2CC=C3C(CC4C(=O)N(c5ccc(F)c(Cl)c5)C(=O)C4(C)C3c3ccc(OCc4ccccc4)cc3O)C2C1=O. The molecular formula is C36H30ClFN2O8. The maximum atomic E-state index is 14.5. The third-order valence-corrected chi connectivity index (χ3v) is 10.6. The van der Waals surface area contributed by atoms with E-state index in [-0.39, 0.29) is 35.9 Å². The van der Waals surface area contributed by atoms with E-state index in [1.165, 1.54) is 18.2 Å².